The van der Waals surface area contributed by atoms with Crippen LogP contribution in [0.1, 0.15) is 33.5 Å². The molecule has 0 unspecified atom stereocenters. The second-order valence-electron chi connectivity index (χ2n) is 5.87. The number of nitriles is 1. The SMILES string of the molecule is N#Cc1cc(I)ccc1Cc1cc(F)cc(OCC[C@@H](O)CO)c1C(N)=O. The molecule has 2 aromatic carbocycles. The van der Waals surface area contributed by atoms with Gasteiger partial charge in [0, 0.05) is 16.1 Å². The predicted molar refractivity (Wildman–Crippen MR) is 105 cm³/mol. The van der Waals surface area contributed by atoms with Crippen molar-refractivity contribution < 1.29 is 24.1 Å². The van der Waals surface area contributed by atoms with Crippen LogP contribution in [0.2, 0.25) is 0 Å². The maximum Gasteiger partial charge on any atom is 0.252 e. The average Bonchev–Trinajstić information content (AvgIpc) is 2.62. The van der Waals surface area contributed by atoms with Crippen LogP contribution in [-0.4, -0.2) is 35.4 Å². The number of hydrogen-bond acceptors (Lipinski definition) is 5. The highest BCUT2D eigenvalue weighted by molar-refractivity contribution is 14.1. The number of carbonyl (C=O) groups is 1. The molecule has 1 amide bonds. The van der Waals surface area contributed by atoms with Crippen molar-refractivity contribution in [2.24, 2.45) is 5.73 Å². The molecule has 0 aliphatic rings. The van der Waals surface area contributed by atoms with E-state index in [1.165, 1.54) is 6.07 Å². The number of halogens is 2. The second kappa shape index (κ2) is 9.64. The quantitative estimate of drug-likeness (QED) is 0.497. The van der Waals surface area contributed by atoms with E-state index in [1.807, 2.05) is 6.07 Å². The zero-order chi connectivity index (χ0) is 20.0. The Balaban J connectivity index is 2.39. The molecule has 0 aliphatic heterocycles. The van der Waals surface area contributed by atoms with E-state index < -0.39 is 24.4 Å². The maximum absolute atomic E-state index is 14.1. The molecular formula is C19H18FIN2O4. The van der Waals surface area contributed by atoms with Crippen molar-refractivity contribution in [3.05, 3.63) is 62.0 Å². The van der Waals surface area contributed by atoms with Gasteiger partial charge in [0.15, 0.2) is 0 Å². The third-order valence-corrected chi connectivity index (χ3v) is 4.56. The van der Waals surface area contributed by atoms with Crippen LogP contribution in [0.5, 0.6) is 5.75 Å². The van der Waals surface area contributed by atoms with Gasteiger partial charge in [-0.1, -0.05) is 6.07 Å². The van der Waals surface area contributed by atoms with E-state index in [0.717, 1.165) is 9.64 Å². The van der Waals surface area contributed by atoms with Gasteiger partial charge in [-0.3, -0.25) is 4.79 Å². The second-order valence-corrected chi connectivity index (χ2v) is 7.11. The molecule has 0 saturated carbocycles. The molecule has 2 aromatic rings. The first-order valence-corrected chi connectivity index (χ1v) is 9.16. The lowest BCUT2D eigenvalue weighted by Crippen LogP contribution is -2.19. The molecule has 4 N–H and O–H groups in total. The molecule has 0 bridgehead atoms. The largest absolute Gasteiger partial charge is 0.493 e. The number of nitrogens with two attached hydrogens (primary N) is 1. The molecule has 0 aliphatic carbocycles. The van der Waals surface area contributed by atoms with Crippen molar-refractivity contribution in [3.8, 4) is 11.8 Å². The average molecular weight is 484 g/mol. The van der Waals surface area contributed by atoms with Crippen molar-refractivity contribution in [1.82, 2.24) is 0 Å². The van der Waals surface area contributed by atoms with Crippen LogP contribution in [0.15, 0.2) is 30.3 Å². The van der Waals surface area contributed by atoms with E-state index in [9.17, 15) is 19.6 Å². The minimum absolute atomic E-state index is 0.0253. The van der Waals surface area contributed by atoms with Crippen molar-refractivity contribution in [1.29, 1.82) is 5.26 Å². The molecular weight excluding hydrogens is 466 g/mol. The van der Waals surface area contributed by atoms with Gasteiger partial charge in [-0.15, -0.1) is 0 Å². The first-order valence-electron chi connectivity index (χ1n) is 8.08. The van der Waals surface area contributed by atoms with E-state index in [1.54, 1.807) is 12.1 Å². The molecule has 1 atom stereocenters. The van der Waals surface area contributed by atoms with Crippen LogP contribution < -0.4 is 10.5 Å². The summed E-state index contributed by atoms with van der Waals surface area (Å²) in [7, 11) is 0. The van der Waals surface area contributed by atoms with Crippen LogP contribution in [0.4, 0.5) is 4.39 Å². The van der Waals surface area contributed by atoms with E-state index >= 15 is 0 Å². The first-order chi connectivity index (χ1) is 12.8. The summed E-state index contributed by atoms with van der Waals surface area (Å²) in [5.74, 6) is -1.44. The Morgan fingerprint density at radius 1 is 1.33 bits per heavy atom. The Labute approximate surface area is 169 Å². The summed E-state index contributed by atoms with van der Waals surface area (Å²) in [6.07, 6.45) is -0.734. The summed E-state index contributed by atoms with van der Waals surface area (Å²) < 4.78 is 20.4. The summed E-state index contributed by atoms with van der Waals surface area (Å²) in [5.41, 5.74) is 6.86. The van der Waals surface area contributed by atoms with Gasteiger partial charge in [-0.25, -0.2) is 4.39 Å². The van der Waals surface area contributed by atoms with Crippen molar-refractivity contribution in [2.75, 3.05) is 13.2 Å². The Morgan fingerprint density at radius 3 is 2.70 bits per heavy atom. The number of hydrogen-bond donors (Lipinski definition) is 3. The molecule has 8 heteroatoms. The minimum Gasteiger partial charge on any atom is -0.493 e. The molecule has 6 nitrogen and oxygen atoms in total. The highest BCUT2D eigenvalue weighted by Gasteiger charge is 2.19. The molecule has 0 saturated heterocycles. The molecule has 0 aromatic heterocycles. The lowest BCUT2D eigenvalue weighted by Gasteiger charge is -2.15. The number of benzene rings is 2. The van der Waals surface area contributed by atoms with E-state index in [-0.39, 0.29) is 30.8 Å². The number of carbonyl (C=O) groups excluding carboxylic acids is 1. The van der Waals surface area contributed by atoms with Gasteiger partial charge in [-0.05, 0) is 58.3 Å². The van der Waals surface area contributed by atoms with Crippen molar-refractivity contribution in [3.63, 3.8) is 0 Å². The van der Waals surface area contributed by atoms with Gasteiger partial charge >= 0.3 is 0 Å². The summed E-state index contributed by atoms with van der Waals surface area (Å²) in [4.78, 5) is 12.0. The van der Waals surface area contributed by atoms with E-state index in [4.69, 9.17) is 15.6 Å². The number of nitrogens with zero attached hydrogens (tertiary/aromatic N) is 1. The Morgan fingerprint density at radius 2 is 2.07 bits per heavy atom. The van der Waals surface area contributed by atoms with Crippen LogP contribution >= 0.6 is 22.6 Å². The Hall–Kier alpha value is -2.22. The summed E-state index contributed by atoms with van der Waals surface area (Å²) in [5, 5.41) is 27.5. The molecule has 0 fully saturated rings. The van der Waals surface area contributed by atoms with E-state index in [0.29, 0.717) is 16.7 Å². The molecule has 0 radical (unpaired) electrons. The topological polar surface area (TPSA) is 117 Å². The van der Waals surface area contributed by atoms with Gasteiger partial charge in [0.2, 0.25) is 0 Å². The number of rotatable bonds is 8. The normalized spacial score (nSPS) is 11.7. The fourth-order valence-electron chi connectivity index (χ4n) is 2.58. The summed E-state index contributed by atoms with van der Waals surface area (Å²) in [6, 6.07) is 9.59. The fraction of sp³-hybridized carbons (Fsp3) is 0.263. The van der Waals surface area contributed by atoms with Gasteiger partial charge < -0.3 is 20.7 Å². The highest BCUT2D eigenvalue weighted by Crippen LogP contribution is 2.28. The zero-order valence-electron chi connectivity index (χ0n) is 14.3. The minimum atomic E-state index is -0.972. The highest BCUT2D eigenvalue weighted by atomic mass is 127. The standard InChI is InChI=1S/C19H18FIN2O4/c20-14-6-12(5-11-1-2-15(21)7-13(11)9-22)18(19(23)26)17(8-14)27-4-3-16(25)10-24/h1-2,6-8,16,24-25H,3-5,10H2,(H2,23,26)/t16-/m1/s1. The number of amides is 1. The van der Waals surface area contributed by atoms with Crippen LogP contribution in [0.3, 0.4) is 0 Å². The van der Waals surface area contributed by atoms with Crippen LogP contribution in [0, 0.1) is 20.7 Å². The van der Waals surface area contributed by atoms with Gasteiger partial charge in [0.25, 0.3) is 5.91 Å². The Bertz CT molecular complexity index is 883. The lowest BCUT2D eigenvalue weighted by molar-refractivity contribution is 0.0751. The van der Waals surface area contributed by atoms with Crippen molar-refractivity contribution >= 4 is 28.5 Å². The third kappa shape index (κ3) is 5.63. The summed E-state index contributed by atoms with van der Waals surface area (Å²) >= 11 is 2.08. The maximum atomic E-state index is 14.1. The van der Waals surface area contributed by atoms with Gasteiger partial charge in [0.1, 0.15) is 11.6 Å². The number of ether oxygens (including phenoxy) is 1. The molecule has 0 spiro atoms. The Kier molecular flexibility index (Phi) is 7.53. The van der Waals surface area contributed by atoms with E-state index in [2.05, 4.69) is 28.7 Å². The van der Waals surface area contributed by atoms with Crippen molar-refractivity contribution in [2.45, 2.75) is 18.9 Å². The van der Waals surface area contributed by atoms with Crippen LogP contribution in [0.25, 0.3) is 0 Å². The smallest absolute Gasteiger partial charge is 0.252 e. The zero-order valence-corrected chi connectivity index (χ0v) is 16.4. The monoisotopic (exact) mass is 484 g/mol. The molecule has 27 heavy (non-hydrogen) atoms. The summed E-state index contributed by atoms with van der Waals surface area (Å²) in [6.45, 7) is -0.456. The third-order valence-electron chi connectivity index (χ3n) is 3.89. The predicted octanol–water partition coefficient (Wildman–Crippen LogP) is 2.11. The fourth-order valence-corrected chi connectivity index (χ4v) is 3.07. The van der Waals surface area contributed by atoms with Gasteiger partial charge in [0.05, 0.1) is 36.5 Å². The van der Waals surface area contributed by atoms with Crippen LogP contribution in [-0.2, 0) is 6.42 Å². The number of primary amides is 1. The molecule has 2 rings (SSSR count). The molecule has 142 valence electrons. The number of aliphatic hydroxyl groups is 2. The number of aliphatic hydroxyl groups excluding tert-OH is 2. The first kappa shape index (κ1) is 21.1. The van der Waals surface area contributed by atoms with Gasteiger partial charge in [-0.2, -0.15) is 5.26 Å². The lowest BCUT2D eigenvalue weighted by atomic mass is 9.95. The molecule has 0 heterocycles.